The first kappa shape index (κ1) is 36.2. The molecule has 0 saturated carbocycles. The van der Waals surface area contributed by atoms with E-state index in [2.05, 4.69) is 35.3 Å². The Morgan fingerprint density at radius 3 is 1.87 bits per heavy atom. The maximum atomic E-state index is 14.5. The van der Waals surface area contributed by atoms with Gasteiger partial charge < -0.3 is 9.42 Å². The summed E-state index contributed by atoms with van der Waals surface area (Å²) in [5.74, 6) is -1.65. The molecule has 2 aromatic carbocycles. The molecule has 0 fully saturated rings. The second-order valence-electron chi connectivity index (χ2n) is 11.9. The van der Waals surface area contributed by atoms with Gasteiger partial charge in [-0.05, 0) is 29.7 Å². The molecule has 0 radical (unpaired) electrons. The van der Waals surface area contributed by atoms with Gasteiger partial charge in [-0.2, -0.15) is 35.8 Å². The molecule has 0 saturated heterocycles. The van der Waals surface area contributed by atoms with Crippen LogP contribution in [0.5, 0.6) is 0 Å². The molecule has 274 valence electrons. The number of halogens is 5. The molecule has 1 aliphatic rings. The van der Waals surface area contributed by atoms with Crippen LogP contribution in [0.3, 0.4) is 0 Å². The van der Waals surface area contributed by atoms with E-state index in [0.717, 1.165) is 12.4 Å². The molecule has 1 aliphatic heterocycles. The molecule has 5 aromatic heterocycles. The van der Waals surface area contributed by atoms with Crippen molar-refractivity contribution in [1.29, 1.82) is 10.5 Å². The van der Waals surface area contributed by atoms with Crippen LogP contribution >= 0.6 is 11.6 Å². The molecular formula is C36H23ClF4N12O2. The number of nitrogens with one attached hydrogen (secondary N) is 1. The van der Waals surface area contributed by atoms with E-state index in [1.54, 1.807) is 41.3 Å². The summed E-state index contributed by atoms with van der Waals surface area (Å²) in [4.78, 5) is 29.1. The number of benzene rings is 2. The number of H-pyrrole nitrogens is 1. The average Bonchev–Trinajstić information content (AvgIpc) is 3.91. The van der Waals surface area contributed by atoms with Gasteiger partial charge in [-0.1, -0.05) is 48.0 Å². The molecule has 6 heterocycles. The number of aromatic amines is 1. The number of nitriles is 2. The smallest absolute Gasteiger partial charge is 0.283 e. The molecule has 0 bridgehead atoms. The summed E-state index contributed by atoms with van der Waals surface area (Å²) in [6.07, 6.45) is 5.37. The molecule has 0 atom stereocenters. The Morgan fingerprint density at radius 1 is 0.782 bits per heavy atom. The molecule has 55 heavy (non-hydrogen) atoms. The lowest BCUT2D eigenvalue weighted by molar-refractivity contribution is 0.370. The van der Waals surface area contributed by atoms with Crippen molar-refractivity contribution in [2.75, 3.05) is 11.4 Å². The van der Waals surface area contributed by atoms with Crippen molar-refractivity contribution >= 4 is 17.4 Å². The Kier molecular flexibility index (Phi) is 10.2. The highest BCUT2D eigenvalue weighted by Crippen LogP contribution is 2.25. The van der Waals surface area contributed by atoms with Crippen LogP contribution in [0, 0.1) is 45.9 Å². The minimum absolute atomic E-state index is 0.0210. The summed E-state index contributed by atoms with van der Waals surface area (Å²) < 4.78 is 63.1. The number of hydrogen-bond acceptors (Lipinski definition) is 11. The molecular weight excluding hydrogens is 744 g/mol. The number of anilines is 1. The first-order chi connectivity index (χ1) is 26.6. The van der Waals surface area contributed by atoms with Crippen molar-refractivity contribution in [2.45, 2.75) is 25.8 Å². The maximum Gasteiger partial charge on any atom is 0.283 e. The molecule has 0 amide bonds. The Morgan fingerprint density at radius 2 is 1.33 bits per heavy atom. The fraction of sp³-hybridized carbons (Fsp3) is 0.139. The van der Waals surface area contributed by atoms with Gasteiger partial charge in [-0.3, -0.25) is 4.79 Å². The largest absolute Gasteiger partial charge is 0.381 e. The fourth-order valence-corrected chi connectivity index (χ4v) is 5.79. The van der Waals surface area contributed by atoms with Crippen LogP contribution < -0.4 is 10.5 Å². The lowest BCUT2D eigenvalue weighted by Crippen LogP contribution is -2.33. The molecule has 0 spiro atoms. The van der Waals surface area contributed by atoms with Gasteiger partial charge in [0, 0.05) is 19.4 Å². The zero-order valence-corrected chi connectivity index (χ0v) is 28.8. The monoisotopic (exact) mass is 766 g/mol. The number of aromatic nitrogens is 9. The van der Waals surface area contributed by atoms with Gasteiger partial charge in [0.1, 0.15) is 23.8 Å². The molecule has 14 nitrogen and oxygen atoms in total. The van der Waals surface area contributed by atoms with Crippen LogP contribution in [-0.2, 0) is 25.8 Å². The van der Waals surface area contributed by atoms with Gasteiger partial charge in [0.05, 0.1) is 59.4 Å². The number of hydrogen-bond donors (Lipinski definition) is 1. The zero-order valence-electron chi connectivity index (χ0n) is 28.1. The van der Waals surface area contributed by atoms with Gasteiger partial charge in [0.15, 0.2) is 28.4 Å². The minimum Gasteiger partial charge on any atom is -0.381 e. The van der Waals surface area contributed by atoms with Gasteiger partial charge >= 0.3 is 0 Å². The molecule has 7 aromatic rings. The van der Waals surface area contributed by atoms with Crippen LogP contribution in [-0.4, -0.2) is 51.2 Å². The van der Waals surface area contributed by atoms with E-state index in [0.29, 0.717) is 46.8 Å². The van der Waals surface area contributed by atoms with Crippen molar-refractivity contribution in [3.8, 4) is 24.0 Å². The summed E-state index contributed by atoms with van der Waals surface area (Å²) in [6, 6.07) is 16.5. The summed E-state index contributed by atoms with van der Waals surface area (Å²) in [7, 11) is 0. The van der Waals surface area contributed by atoms with Crippen LogP contribution in [0.1, 0.15) is 45.0 Å². The van der Waals surface area contributed by atoms with Crippen molar-refractivity contribution in [3.63, 3.8) is 0 Å². The Hall–Kier alpha value is -7.18. The Balaban J connectivity index is 0.000000179. The molecule has 19 heteroatoms. The maximum absolute atomic E-state index is 14.5. The summed E-state index contributed by atoms with van der Waals surface area (Å²) in [6.45, 7) is 0.534. The lowest BCUT2D eigenvalue weighted by atomic mass is 10.1. The van der Waals surface area contributed by atoms with E-state index in [9.17, 15) is 32.9 Å². The van der Waals surface area contributed by atoms with Crippen molar-refractivity contribution < 1.29 is 22.1 Å². The average molecular weight is 767 g/mol. The quantitative estimate of drug-likeness (QED) is 0.164. The summed E-state index contributed by atoms with van der Waals surface area (Å²) in [5, 5.41) is 29.1. The molecule has 1 N–H and O–H groups in total. The van der Waals surface area contributed by atoms with Gasteiger partial charge in [-0.25, -0.2) is 36.9 Å². The lowest BCUT2D eigenvalue weighted by Gasteiger charge is -2.26. The predicted octanol–water partition coefficient (Wildman–Crippen LogP) is 5.30. The topological polar surface area (TPSA) is 184 Å². The third-order valence-electron chi connectivity index (χ3n) is 8.41. The van der Waals surface area contributed by atoms with E-state index in [1.165, 1.54) is 33.9 Å². The third-order valence-corrected chi connectivity index (χ3v) is 8.67. The van der Waals surface area contributed by atoms with E-state index in [1.807, 2.05) is 12.1 Å². The van der Waals surface area contributed by atoms with E-state index in [4.69, 9.17) is 16.1 Å². The highest BCUT2D eigenvalue weighted by atomic mass is 35.5. The standard InChI is InChI=1S/C21H15F2N7O2.C15H8ClF2N5/c22-15-4-2-1-3-12(15)7-17-13(8-24)10-30(27-17)21-25-9-16(23)19(26-21)29-6-5-14-18(11-29)32-28-20(14)31;16-14-12(18)7-20-15(21-14)23-8-10(6-19)13(22-23)5-9-3-1-2-4-11(9)17/h1-4,9-10H,5-7,11H2,(H,28,31);1-4,7-8H,5H2. The minimum atomic E-state index is -0.755. The Bertz CT molecular complexity index is 2690. The SMILES string of the molecule is N#Cc1cn(-c2ncc(F)c(Cl)n2)nc1Cc1ccccc1F.N#Cc1cn(-c2ncc(F)c(N3CCc4c(o[nH]c4=O)C3)n2)nc1Cc1ccccc1F. The first-order valence-electron chi connectivity index (χ1n) is 16.2. The van der Waals surface area contributed by atoms with E-state index >= 15 is 0 Å². The second kappa shape index (κ2) is 15.4. The first-order valence-corrected chi connectivity index (χ1v) is 16.6. The fourth-order valence-electron chi connectivity index (χ4n) is 5.66. The van der Waals surface area contributed by atoms with Crippen molar-refractivity contribution in [2.24, 2.45) is 0 Å². The summed E-state index contributed by atoms with van der Waals surface area (Å²) >= 11 is 5.61. The van der Waals surface area contributed by atoms with Crippen molar-refractivity contribution in [1.82, 2.24) is 44.7 Å². The van der Waals surface area contributed by atoms with Crippen LogP contribution in [0.15, 0.2) is 82.6 Å². The highest BCUT2D eigenvalue weighted by molar-refractivity contribution is 6.29. The Labute approximate surface area is 312 Å². The predicted molar refractivity (Wildman–Crippen MR) is 185 cm³/mol. The van der Waals surface area contributed by atoms with Gasteiger partial charge in [0.25, 0.3) is 17.5 Å². The normalized spacial score (nSPS) is 12.0. The van der Waals surface area contributed by atoms with Gasteiger partial charge in [-0.15, -0.1) is 0 Å². The highest BCUT2D eigenvalue weighted by Gasteiger charge is 2.26. The van der Waals surface area contributed by atoms with Crippen LogP contribution in [0.2, 0.25) is 5.15 Å². The second-order valence-corrected chi connectivity index (χ2v) is 12.2. The van der Waals surface area contributed by atoms with Crippen LogP contribution in [0.4, 0.5) is 23.4 Å². The third kappa shape index (κ3) is 7.66. The van der Waals surface area contributed by atoms with Crippen LogP contribution in [0.25, 0.3) is 11.9 Å². The van der Waals surface area contributed by atoms with E-state index in [-0.39, 0.29) is 64.8 Å². The molecule has 0 aliphatic carbocycles. The van der Waals surface area contributed by atoms with Crippen molar-refractivity contribution in [3.05, 3.63) is 157 Å². The van der Waals surface area contributed by atoms with Gasteiger partial charge in [0.2, 0.25) is 0 Å². The number of nitrogens with zero attached hydrogens (tertiary/aromatic N) is 11. The number of rotatable bonds is 7. The molecule has 0 unspecified atom stereocenters. The summed E-state index contributed by atoms with van der Waals surface area (Å²) in [5.41, 5.74) is 2.26. The number of fused-ring (bicyclic) bond motifs is 1. The van der Waals surface area contributed by atoms with E-state index < -0.39 is 17.5 Å². The zero-order chi connectivity index (χ0) is 38.6. The molecule has 8 rings (SSSR count).